The van der Waals surface area contributed by atoms with Crippen molar-refractivity contribution in [3.63, 3.8) is 0 Å². The molecular formula is C15H21ClN2. The molecule has 2 nitrogen and oxygen atoms in total. The number of halogens is 1. The third-order valence-electron chi connectivity index (χ3n) is 4.28. The minimum atomic E-state index is 0.741. The maximum atomic E-state index is 6.38. The number of nitrogens with zero attached hydrogens (tertiary/aromatic N) is 2. The number of benzene rings is 1. The highest BCUT2D eigenvalue weighted by Gasteiger charge is 2.29. The highest BCUT2D eigenvalue weighted by molar-refractivity contribution is 6.33. The lowest BCUT2D eigenvalue weighted by atomic mass is 9.99. The fraction of sp³-hybridized carbons (Fsp3) is 0.600. The highest BCUT2D eigenvalue weighted by Crippen LogP contribution is 2.30. The Morgan fingerprint density at radius 1 is 1.17 bits per heavy atom. The van der Waals surface area contributed by atoms with Gasteiger partial charge in [0.1, 0.15) is 0 Å². The van der Waals surface area contributed by atoms with Crippen molar-refractivity contribution in [3.05, 3.63) is 28.8 Å². The van der Waals surface area contributed by atoms with E-state index in [-0.39, 0.29) is 0 Å². The lowest BCUT2D eigenvalue weighted by Crippen LogP contribution is -2.54. The molecule has 0 spiro atoms. The molecule has 2 fully saturated rings. The summed E-state index contributed by atoms with van der Waals surface area (Å²) in [6.07, 6.45) is 4.11. The van der Waals surface area contributed by atoms with E-state index in [1.807, 2.05) is 0 Å². The summed E-state index contributed by atoms with van der Waals surface area (Å²) in [5, 5.41) is 0.902. The van der Waals surface area contributed by atoms with Gasteiger partial charge < -0.3 is 4.90 Å². The monoisotopic (exact) mass is 264 g/mol. The van der Waals surface area contributed by atoms with Gasteiger partial charge in [0, 0.05) is 25.7 Å². The molecule has 0 N–H and O–H groups in total. The SMILES string of the molecule is Cc1ccc(N2CCN3CCCCC3C2)c(Cl)c1. The zero-order valence-corrected chi connectivity index (χ0v) is 11.8. The van der Waals surface area contributed by atoms with Crippen LogP contribution in [0.25, 0.3) is 0 Å². The second-order valence-corrected chi connectivity index (χ2v) is 5.99. The number of piperazine rings is 1. The molecule has 0 bridgehead atoms. The van der Waals surface area contributed by atoms with Crippen LogP contribution in [0, 0.1) is 6.92 Å². The number of fused-ring (bicyclic) bond motifs is 1. The van der Waals surface area contributed by atoms with Crippen LogP contribution >= 0.6 is 11.6 Å². The largest absolute Gasteiger partial charge is 0.367 e. The fourth-order valence-corrected chi connectivity index (χ4v) is 3.60. The molecule has 2 saturated heterocycles. The molecule has 2 heterocycles. The molecule has 0 aromatic heterocycles. The van der Waals surface area contributed by atoms with Crippen molar-refractivity contribution < 1.29 is 0 Å². The first kappa shape index (κ1) is 12.3. The molecule has 1 unspecified atom stereocenters. The van der Waals surface area contributed by atoms with Gasteiger partial charge in [0.2, 0.25) is 0 Å². The molecule has 0 amide bonds. The van der Waals surface area contributed by atoms with Gasteiger partial charge in [-0.05, 0) is 44.0 Å². The molecule has 3 heteroatoms. The molecular weight excluding hydrogens is 244 g/mol. The summed E-state index contributed by atoms with van der Waals surface area (Å²) in [5.74, 6) is 0. The zero-order chi connectivity index (χ0) is 12.5. The van der Waals surface area contributed by atoms with Gasteiger partial charge in [0.15, 0.2) is 0 Å². The molecule has 3 rings (SSSR count). The second-order valence-electron chi connectivity index (χ2n) is 5.59. The van der Waals surface area contributed by atoms with Crippen LogP contribution in [0.15, 0.2) is 18.2 Å². The third-order valence-corrected chi connectivity index (χ3v) is 4.58. The van der Waals surface area contributed by atoms with E-state index in [1.165, 1.54) is 43.6 Å². The molecule has 1 atom stereocenters. The van der Waals surface area contributed by atoms with Crippen LogP contribution in [0.5, 0.6) is 0 Å². The van der Waals surface area contributed by atoms with Gasteiger partial charge in [-0.1, -0.05) is 24.1 Å². The molecule has 1 aromatic rings. The fourth-order valence-electron chi connectivity index (χ4n) is 3.24. The standard InChI is InChI=1S/C15H21ClN2/c1-12-5-6-15(14(16)10-12)18-9-8-17-7-3-2-4-13(17)11-18/h5-6,10,13H,2-4,7-9,11H2,1H3. The van der Waals surface area contributed by atoms with Crippen LogP contribution in [0.2, 0.25) is 5.02 Å². The van der Waals surface area contributed by atoms with Crippen LogP contribution < -0.4 is 4.90 Å². The van der Waals surface area contributed by atoms with Crippen LogP contribution in [0.4, 0.5) is 5.69 Å². The van der Waals surface area contributed by atoms with Crippen molar-refractivity contribution >= 4 is 17.3 Å². The normalized spacial score (nSPS) is 25.0. The Labute approximate surface area is 115 Å². The molecule has 18 heavy (non-hydrogen) atoms. The van der Waals surface area contributed by atoms with Gasteiger partial charge in [-0.3, -0.25) is 4.90 Å². The Hall–Kier alpha value is -0.730. The van der Waals surface area contributed by atoms with E-state index in [1.54, 1.807) is 0 Å². The average Bonchev–Trinajstić information content (AvgIpc) is 2.38. The first-order chi connectivity index (χ1) is 8.74. The molecule has 0 saturated carbocycles. The van der Waals surface area contributed by atoms with E-state index in [4.69, 9.17) is 11.6 Å². The average molecular weight is 265 g/mol. The molecule has 0 aliphatic carbocycles. The van der Waals surface area contributed by atoms with E-state index >= 15 is 0 Å². The van der Waals surface area contributed by atoms with Crippen LogP contribution in [0.3, 0.4) is 0 Å². The van der Waals surface area contributed by atoms with Crippen LogP contribution in [-0.2, 0) is 0 Å². The summed E-state index contributed by atoms with van der Waals surface area (Å²) in [5.41, 5.74) is 2.45. The first-order valence-electron chi connectivity index (χ1n) is 6.99. The van der Waals surface area contributed by atoms with Crippen molar-refractivity contribution in [1.82, 2.24) is 4.90 Å². The van der Waals surface area contributed by atoms with Gasteiger partial charge in [-0.15, -0.1) is 0 Å². The predicted molar refractivity (Wildman–Crippen MR) is 77.6 cm³/mol. The number of hydrogen-bond donors (Lipinski definition) is 0. The third kappa shape index (κ3) is 2.36. The van der Waals surface area contributed by atoms with Crippen LogP contribution in [0.1, 0.15) is 24.8 Å². The van der Waals surface area contributed by atoms with Crippen molar-refractivity contribution in [2.45, 2.75) is 32.2 Å². The van der Waals surface area contributed by atoms with Crippen molar-refractivity contribution in [1.29, 1.82) is 0 Å². The Morgan fingerprint density at radius 3 is 2.89 bits per heavy atom. The quantitative estimate of drug-likeness (QED) is 0.768. The van der Waals surface area contributed by atoms with Crippen molar-refractivity contribution in [3.8, 4) is 0 Å². The summed E-state index contributed by atoms with van der Waals surface area (Å²) in [6, 6.07) is 7.15. The van der Waals surface area contributed by atoms with Gasteiger partial charge in [-0.25, -0.2) is 0 Å². The summed E-state index contributed by atoms with van der Waals surface area (Å²) in [4.78, 5) is 5.12. The lowest BCUT2D eigenvalue weighted by Gasteiger charge is -2.45. The van der Waals surface area contributed by atoms with Gasteiger partial charge >= 0.3 is 0 Å². The minimum absolute atomic E-state index is 0.741. The Kier molecular flexibility index (Phi) is 3.49. The predicted octanol–water partition coefficient (Wildman–Crippen LogP) is 3.32. The van der Waals surface area contributed by atoms with E-state index in [0.29, 0.717) is 0 Å². The number of rotatable bonds is 1. The molecule has 0 radical (unpaired) electrons. The van der Waals surface area contributed by atoms with E-state index < -0.39 is 0 Å². The summed E-state index contributed by atoms with van der Waals surface area (Å²) in [6.45, 7) is 6.83. The molecule has 98 valence electrons. The Bertz CT molecular complexity index is 433. The number of piperidine rings is 1. The smallest absolute Gasteiger partial charge is 0.0642 e. The number of anilines is 1. The zero-order valence-electron chi connectivity index (χ0n) is 11.0. The topological polar surface area (TPSA) is 6.48 Å². The van der Waals surface area contributed by atoms with Gasteiger partial charge in [0.05, 0.1) is 10.7 Å². The lowest BCUT2D eigenvalue weighted by molar-refractivity contribution is 0.133. The highest BCUT2D eigenvalue weighted by atomic mass is 35.5. The summed E-state index contributed by atoms with van der Waals surface area (Å²) < 4.78 is 0. The maximum Gasteiger partial charge on any atom is 0.0642 e. The first-order valence-corrected chi connectivity index (χ1v) is 7.37. The van der Waals surface area contributed by atoms with E-state index in [2.05, 4.69) is 34.9 Å². The Morgan fingerprint density at radius 2 is 2.06 bits per heavy atom. The minimum Gasteiger partial charge on any atom is -0.367 e. The second kappa shape index (κ2) is 5.10. The van der Waals surface area contributed by atoms with Crippen LogP contribution in [-0.4, -0.2) is 37.1 Å². The van der Waals surface area contributed by atoms with Crippen molar-refractivity contribution in [2.75, 3.05) is 31.1 Å². The van der Waals surface area contributed by atoms with E-state index in [9.17, 15) is 0 Å². The molecule has 2 aliphatic heterocycles. The Balaban J connectivity index is 1.77. The molecule has 1 aromatic carbocycles. The van der Waals surface area contributed by atoms with E-state index in [0.717, 1.165) is 24.2 Å². The number of aryl methyl sites for hydroxylation is 1. The molecule has 2 aliphatic rings. The van der Waals surface area contributed by atoms with Crippen molar-refractivity contribution in [2.24, 2.45) is 0 Å². The van der Waals surface area contributed by atoms with Gasteiger partial charge in [0.25, 0.3) is 0 Å². The number of hydrogen-bond acceptors (Lipinski definition) is 2. The summed E-state index contributed by atoms with van der Waals surface area (Å²) in [7, 11) is 0. The maximum absolute atomic E-state index is 6.38. The van der Waals surface area contributed by atoms with Gasteiger partial charge in [-0.2, -0.15) is 0 Å². The summed E-state index contributed by atoms with van der Waals surface area (Å²) >= 11 is 6.38.